The molecule has 1 aromatic rings. The number of rotatable bonds is 35. The lowest BCUT2D eigenvalue weighted by atomic mass is 10.0. The van der Waals surface area contributed by atoms with Gasteiger partial charge in [-0.25, -0.2) is 13.9 Å². The summed E-state index contributed by atoms with van der Waals surface area (Å²) in [5.74, 6) is 0.137. The lowest BCUT2D eigenvalue weighted by molar-refractivity contribution is -0.161. The molecule has 0 radical (unpaired) electrons. The van der Waals surface area contributed by atoms with E-state index in [2.05, 4.69) is 37.0 Å². The Morgan fingerprint density at radius 1 is 0.738 bits per heavy atom. The van der Waals surface area contributed by atoms with E-state index in [0.29, 0.717) is 18.8 Å². The van der Waals surface area contributed by atoms with Crippen molar-refractivity contribution in [3.63, 3.8) is 0 Å². The summed E-state index contributed by atoms with van der Waals surface area (Å²) in [6, 6.07) is 1.25. The molecule has 6 N–H and O–H groups in total. The Morgan fingerprint density at radius 2 is 1.21 bits per heavy atom. The van der Waals surface area contributed by atoms with Crippen LogP contribution in [0.25, 0.3) is 0 Å². The van der Waals surface area contributed by atoms with Gasteiger partial charge in [0.05, 0.1) is 13.2 Å². The van der Waals surface area contributed by atoms with Crippen molar-refractivity contribution >= 4 is 33.4 Å². The third-order valence-electron chi connectivity index (χ3n) is 10.3. The number of hydrogen-bond acceptors (Lipinski definition) is 15. The lowest BCUT2D eigenvalue weighted by Crippen LogP contribution is -2.36. The monoisotopic (exact) mass is 911 g/mol. The van der Waals surface area contributed by atoms with Crippen molar-refractivity contribution in [1.82, 2.24) is 9.55 Å². The molecule has 1 fully saturated rings. The summed E-state index contributed by atoms with van der Waals surface area (Å²) in [7, 11) is -10.8. The smallest absolute Gasteiger partial charge is 0.462 e. The highest BCUT2D eigenvalue weighted by Crippen LogP contribution is 2.60. The molecule has 1 aliphatic heterocycles. The van der Waals surface area contributed by atoms with Crippen molar-refractivity contribution in [2.45, 2.75) is 193 Å². The fraction of sp³-hybridized carbons (Fsp3) is 0.854. The largest absolute Gasteiger partial charge is 0.481 e. The number of carbonyl (C=O) groups excluding carboxylic acids is 2. The van der Waals surface area contributed by atoms with Gasteiger partial charge in [-0.1, -0.05) is 137 Å². The van der Waals surface area contributed by atoms with Gasteiger partial charge in [0.2, 0.25) is 0 Å². The summed E-state index contributed by atoms with van der Waals surface area (Å²) in [5.41, 5.74) is 4.57. The number of nitrogens with zero attached hydrogens (tertiary/aromatic N) is 2. The maximum atomic E-state index is 12.8. The van der Waals surface area contributed by atoms with E-state index < -0.39 is 83.7 Å². The number of anilines is 1. The fourth-order valence-corrected chi connectivity index (χ4v) is 8.91. The third kappa shape index (κ3) is 25.0. The predicted octanol–water partition coefficient (Wildman–Crippen LogP) is 7.65. The molecule has 0 amide bonds. The van der Waals surface area contributed by atoms with E-state index in [4.69, 9.17) is 29.0 Å². The highest BCUT2D eigenvalue weighted by Gasteiger charge is 2.46. The Labute approximate surface area is 361 Å². The number of aromatic nitrogens is 2. The van der Waals surface area contributed by atoms with Crippen LogP contribution >= 0.6 is 15.6 Å². The second-order valence-corrected chi connectivity index (χ2v) is 19.9. The van der Waals surface area contributed by atoms with Gasteiger partial charge in [-0.2, -0.15) is 9.29 Å². The topological polar surface area (TPSA) is 265 Å². The van der Waals surface area contributed by atoms with E-state index in [1.54, 1.807) is 0 Å². The van der Waals surface area contributed by atoms with Gasteiger partial charge in [0, 0.05) is 19.0 Å². The van der Waals surface area contributed by atoms with Crippen molar-refractivity contribution in [3.05, 3.63) is 22.7 Å². The molecule has 20 heteroatoms. The molecule has 18 nitrogen and oxygen atoms in total. The van der Waals surface area contributed by atoms with Gasteiger partial charge in [0.1, 0.15) is 30.7 Å². The molecule has 7 atom stereocenters. The van der Waals surface area contributed by atoms with Crippen LogP contribution in [0, 0.1) is 11.8 Å². The maximum absolute atomic E-state index is 12.8. The van der Waals surface area contributed by atoms with Gasteiger partial charge in [-0.15, -0.1) is 0 Å². The molecule has 0 spiro atoms. The van der Waals surface area contributed by atoms with Crippen molar-refractivity contribution in [3.8, 4) is 0 Å². The van der Waals surface area contributed by atoms with Crippen LogP contribution in [0.4, 0.5) is 5.82 Å². The molecule has 1 aromatic heterocycles. The molecule has 3 unspecified atom stereocenters. The molecular weight excluding hydrogens is 836 g/mol. The van der Waals surface area contributed by atoms with E-state index in [-0.39, 0.29) is 18.7 Å². The second-order valence-electron chi connectivity index (χ2n) is 16.9. The number of unbranched alkanes of at least 4 members (excludes halogenated alkanes) is 15. The van der Waals surface area contributed by atoms with E-state index in [1.165, 1.54) is 57.4 Å². The Kier molecular flexibility index (Phi) is 27.0. The minimum absolute atomic E-state index is 0.0514. The van der Waals surface area contributed by atoms with E-state index in [1.807, 2.05) is 0 Å². The first-order valence-electron chi connectivity index (χ1n) is 22.3. The molecule has 1 aliphatic rings. The van der Waals surface area contributed by atoms with Gasteiger partial charge in [0.15, 0.2) is 12.3 Å². The summed E-state index contributed by atoms with van der Waals surface area (Å²) >= 11 is 0. The normalized spacial score (nSPS) is 20.4. The molecule has 2 heterocycles. The van der Waals surface area contributed by atoms with Gasteiger partial charge in [-0.05, 0) is 30.7 Å². The fourth-order valence-electron chi connectivity index (χ4n) is 6.80. The molecule has 61 heavy (non-hydrogen) atoms. The number of esters is 2. The lowest BCUT2D eigenvalue weighted by Gasteiger charge is -2.21. The average molecular weight is 912 g/mol. The Bertz CT molecular complexity index is 1550. The van der Waals surface area contributed by atoms with Crippen LogP contribution in [0.5, 0.6) is 0 Å². The molecule has 1 saturated heterocycles. The van der Waals surface area contributed by atoms with Crippen LogP contribution in [0.1, 0.15) is 169 Å². The van der Waals surface area contributed by atoms with Crippen LogP contribution in [0.15, 0.2) is 17.1 Å². The van der Waals surface area contributed by atoms with Crippen molar-refractivity contribution in [2.24, 2.45) is 11.8 Å². The number of hydrogen-bond donors (Lipinski definition) is 5. The number of carbonyl (C=O) groups is 2. The SMILES string of the molecule is CC(C)CCCCCCCCCCCCCC(=O)OC[C@H](COP(=O)(O)OP(=O)(O)OC[C@H]1O[C@@H](n2ccc(N)nc2=O)C(O)[C@H]1O)OC(=O)CCCCCCCCC(C)C. The minimum Gasteiger partial charge on any atom is -0.462 e. The second kappa shape index (κ2) is 30.0. The number of nitrogens with two attached hydrogens (primary N) is 1. The molecule has 0 aliphatic carbocycles. The zero-order valence-electron chi connectivity index (χ0n) is 36.8. The predicted molar refractivity (Wildman–Crippen MR) is 229 cm³/mol. The average Bonchev–Trinajstić information content (AvgIpc) is 3.46. The van der Waals surface area contributed by atoms with Crippen LogP contribution in [-0.2, 0) is 46.3 Å². The molecule has 0 bridgehead atoms. The number of ether oxygens (including phenoxy) is 3. The van der Waals surface area contributed by atoms with Crippen LogP contribution in [0.3, 0.4) is 0 Å². The summed E-state index contributed by atoms with van der Waals surface area (Å²) in [5, 5.41) is 20.8. The van der Waals surface area contributed by atoms with Gasteiger partial charge < -0.3 is 39.9 Å². The Morgan fingerprint density at radius 3 is 1.72 bits per heavy atom. The van der Waals surface area contributed by atoms with Crippen LogP contribution in [-0.4, -0.2) is 85.7 Å². The van der Waals surface area contributed by atoms with Gasteiger partial charge in [0.25, 0.3) is 0 Å². The number of aliphatic hydroxyl groups excluding tert-OH is 2. The van der Waals surface area contributed by atoms with Crippen molar-refractivity contribution in [2.75, 3.05) is 25.6 Å². The summed E-state index contributed by atoms with van der Waals surface area (Å²) in [6.07, 6.45) is 14.0. The van der Waals surface area contributed by atoms with Gasteiger partial charge >= 0.3 is 33.3 Å². The summed E-state index contributed by atoms with van der Waals surface area (Å²) < 4.78 is 56.5. The standard InChI is InChI=1S/C41H75N3O15P2/c1-31(2)22-18-14-10-8-6-5-7-9-11-16-20-24-36(45)54-28-33(57-37(46)25-21-17-13-12-15-19-23-32(3)4)29-55-60(50,51)59-61(52,53)56-30-34-38(47)39(48)40(58-34)44-27-26-35(42)43-41(44)49/h26-27,31-34,38-40,47-48H,5-25,28-30H2,1-4H3,(H,50,51)(H,52,53)(H2,42,43,49)/t33-,34-,38+,39?,40-/m1/s1. The van der Waals surface area contributed by atoms with E-state index in [0.717, 1.165) is 74.5 Å². The first-order valence-corrected chi connectivity index (χ1v) is 25.3. The molecule has 0 saturated carbocycles. The van der Waals surface area contributed by atoms with Crippen LogP contribution in [0.2, 0.25) is 0 Å². The number of phosphoric acid groups is 2. The first kappa shape index (κ1) is 54.9. The number of phosphoric ester groups is 2. The Hall–Kier alpha value is -2.24. The van der Waals surface area contributed by atoms with Crippen molar-refractivity contribution in [1.29, 1.82) is 0 Å². The minimum atomic E-state index is -5.41. The molecule has 0 aromatic carbocycles. The van der Waals surface area contributed by atoms with Gasteiger partial charge in [-0.3, -0.25) is 23.2 Å². The summed E-state index contributed by atoms with van der Waals surface area (Å²) in [4.78, 5) is 61.5. The van der Waals surface area contributed by atoms with E-state index >= 15 is 0 Å². The zero-order valence-corrected chi connectivity index (χ0v) is 38.6. The summed E-state index contributed by atoms with van der Waals surface area (Å²) in [6.45, 7) is 6.61. The number of aliphatic hydroxyl groups is 2. The van der Waals surface area contributed by atoms with Crippen LogP contribution < -0.4 is 11.4 Å². The molecule has 354 valence electrons. The maximum Gasteiger partial charge on any atom is 0.481 e. The zero-order chi connectivity index (χ0) is 45.3. The number of nitrogen functional groups attached to an aromatic ring is 1. The van der Waals surface area contributed by atoms with E-state index in [9.17, 15) is 43.5 Å². The molecular formula is C41H75N3O15P2. The van der Waals surface area contributed by atoms with Crippen molar-refractivity contribution < 1.29 is 66.3 Å². The molecule has 2 rings (SSSR count). The highest BCUT2D eigenvalue weighted by molar-refractivity contribution is 7.61. The Balaban J connectivity index is 1.83. The third-order valence-corrected chi connectivity index (χ3v) is 12.9. The highest BCUT2D eigenvalue weighted by atomic mass is 31.3. The first-order chi connectivity index (χ1) is 28.9. The quantitative estimate of drug-likeness (QED) is 0.0249.